The van der Waals surface area contributed by atoms with E-state index in [1.807, 2.05) is 17.4 Å². The first-order valence-corrected chi connectivity index (χ1v) is 19.4. The van der Waals surface area contributed by atoms with Gasteiger partial charge < -0.3 is 9.73 Å². The molecule has 0 radical (unpaired) electrons. The van der Waals surface area contributed by atoms with Crippen LogP contribution in [-0.2, 0) is 6.42 Å². The number of fused-ring (bicyclic) bond motifs is 9. The van der Waals surface area contributed by atoms with Gasteiger partial charge in [0.25, 0.3) is 0 Å². The number of hydrogen-bond acceptors (Lipinski definition) is 5. The third-order valence-electron chi connectivity index (χ3n) is 11.3. The SMILES string of the molecule is C1=Cc2c(sc3cccc(C4N=C(c5cccc6oc7ccc(-c8cccc9c8-c8cccc%10cccc-9c8%10)cc7c56)N=C(c5ccccc5)N4)c23)CC1. The zero-order valence-electron chi connectivity index (χ0n) is 29.1. The lowest BCUT2D eigenvalue weighted by Crippen LogP contribution is -2.33. The van der Waals surface area contributed by atoms with Crippen LogP contribution in [-0.4, -0.2) is 11.7 Å². The van der Waals surface area contributed by atoms with Gasteiger partial charge in [-0.1, -0.05) is 127 Å². The molecule has 5 heteroatoms. The molecule has 7 aromatic carbocycles. The van der Waals surface area contributed by atoms with Crippen LogP contribution in [0.25, 0.3) is 82.3 Å². The normalized spacial score (nSPS) is 15.7. The van der Waals surface area contributed by atoms with Gasteiger partial charge in [0.2, 0.25) is 0 Å². The number of hydrogen-bond donors (Lipinski definition) is 1. The average Bonchev–Trinajstić information content (AvgIpc) is 3.91. The summed E-state index contributed by atoms with van der Waals surface area (Å²) in [4.78, 5) is 12.2. The summed E-state index contributed by atoms with van der Waals surface area (Å²) in [7, 11) is 0. The fourth-order valence-electron chi connectivity index (χ4n) is 8.99. The largest absolute Gasteiger partial charge is 0.456 e. The molecular formula is C49H31N3OS. The molecule has 2 aliphatic carbocycles. The summed E-state index contributed by atoms with van der Waals surface area (Å²) in [6.07, 6.45) is 6.45. The first kappa shape index (κ1) is 30.0. The monoisotopic (exact) mass is 709 g/mol. The number of thiophene rings is 1. The lowest BCUT2D eigenvalue weighted by atomic mass is 9.92. The predicted octanol–water partition coefficient (Wildman–Crippen LogP) is 12.7. The van der Waals surface area contributed by atoms with Gasteiger partial charge >= 0.3 is 0 Å². The average molecular weight is 710 g/mol. The van der Waals surface area contributed by atoms with E-state index in [0.29, 0.717) is 5.84 Å². The van der Waals surface area contributed by atoms with Gasteiger partial charge in [0, 0.05) is 42.4 Å². The van der Waals surface area contributed by atoms with E-state index in [4.69, 9.17) is 14.4 Å². The molecule has 3 aliphatic rings. The van der Waals surface area contributed by atoms with Gasteiger partial charge in [-0.15, -0.1) is 11.3 Å². The Morgan fingerprint density at radius 3 is 2.35 bits per heavy atom. The minimum absolute atomic E-state index is 0.328. The molecule has 2 aromatic heterocycles. The van der Waals surface area contributed by atoms with E-state index in [0.717, 1.165) is 62.9 Å². The highest BCUT2D eigenvalue weighted by molar-refractivity contribution is 7.19. The van der Waals surface area contributed by atoms with E-state index in [1.165, 1.54) is 59.1 Å². The topological polar surface area (TPSA) is 49.9 Å². The van der Waals surface area contributed by atoms with Crippen molar-refractivity contribution in [2.75, 3.05) is 0 Å². The standard InChI is InChI=1S/C49H31N3OS/c1-2-11-29(12-3-1)47-50-48(52-49(51-47)37-21-10-24-42-46(37)34-15-4-5-23-41(34)54-42)36-20-9-22-40-45(36)38-27-30(25-26-39(38)53-40)31-16-8-18-33-32-17-6-13-28-14-7-19-35(43(28)32)44(31)33/h1-4,6-22,24-27,49H,5,23H2,(H,50,51,52). The van der Waals surface area contributed by atoms with Gasteiger partial charge in [0.15, 0.2) is 5.84 Å². The Labute approximate surface area is 315 Å². The fourth-order valence-corrected chi connectivity index (χ4v) is 10.2. The zero-order chi connectivity index (χ0) is 35.3. The molecule has 0 amide bonds. The highest BCUT2D eigenvalue weighted by Gasteiger charge is 2.28. The number of nitrogens with zero attached hydrogens (tertiary/aromatic N) is 2. The molecule has 0 spiro atoms. The Morgan fingerprint density at radius 1 is 0.630 bits per heavy atom. The molecule has 12 rings (SSSR count). The summed E-state index contributed by atoms with van der Waals surface area (Å²) < 4.78 is 7.87. The lowest BCUT2D eigenvalue weighted by molar-refractivity contribution is 0.668. The maximum absolute atomic E-state index is 6.57. The van der Waals surface area contributed by atoms with Crippen molar-refractivity contribution in [1.82, 2.24) is 5.32 Å². The molecule has 3 heterocycles. The third-order valence-corrected chi connectivity index (χ3v) is 12.6. The fraction of sp³-hybridized carbons (Fsp3) is 0.0612. The molecule has 0 fully saturated rings. The van der Waals surface area contributed by atoms with E-state index in [1.54, 1.807) is 0 Å². The number of nitrogens with one attached hydrogen (secondary N) is 1. The van der Waals surface area contributed by atoms with Crippen molar-refractivity contribution in [3.05, 3.63) is 173 Å². The van der Waals surface area contributed by atoms with Crippen LogP contribution in [0, 0.1) is 0 Å². The van der Waals surface area contributed by atoms with Gasteiger partial charge in [0.1, 0.15) is 23.2 Å². The Balaban J connectivity index is 1.06. The second-order valence-corrected chi connectivity index (χ2v) is 15.5. The molecule has 9 aromatic rings. The number of furan rings is 1. The number of amidine groups is 2. The van der Waals surface area contributed by atoms with Gasteiger partial charge in [-0.05, 0) is 86.8 Å². The first-order chi connectivity index (χ1) is 26.8. The Hall–Kier alpha value is -6.56. The van der Waals surface area contributed by atoms with Crippen molar-refractivity contribution in [2.45, 2.75) is 19.0 Å². The third kappa shape index (κ3) is 4.36. The summed E-state index contributed by atoms with van der Waals surface area (Å²) in [5.41, 5.74) is 13.7. The van der Waals surface area contributed by atoms with E-state index in [2.05, 4.69) is 151 Å². The summed E-state index contributed by atoms with van der Waals surface area (Å²) in [6, 6.07) is 49.9. The Kier molecular flexibility index (Phi) is 6.36. The summed E-state index contributed by atoms with van der Waals surface area (Å²) >= 11 is 1.91. The van der Waals surface area contributed by atoms with Crippen molar-refractivity contribution >= 4 is 71.9 Å². The molecule has 1 unspecified atom stereocenters. The molecular weight excluding hydrogens is 679 g/mol. The smallest absolute Gasteiger partial charge is 0.160 e. The van der Waals surface area contributed by atoms with E-state index in [9.17, 15) is 0 Å². The number of aliphatic imine (C=N–C) groups is 2. The Bertz CT molecular complexity index is 3140. The van der Waals surface area contributed by atoms with Crippen LogP contribution in [0.5, 0.6) is 0 Å². The molecule has 1 N–H and O–H groups in total. The number of rotatable bonds is 4. The van der Waals surface area contributed by atoms with Crippen molar-refractivity contribution in [2.24, 2.45) is 9.98 Å². The van der Waals surface area contributed by atoms with Gasteiger partial charge in [-0.25, -0.2) is 9.98 Å². The number of benzene rings is 7. The van der Waals surface area contributed by atoms with Crippen molar-refractivity contribution in [3.63, 3.8) is 0 Å². The second kappa shape index (κ2) is 11.5. The molecule has 54 heavy (non-hydrogen) atoms. The molecule has 1 aliphatic heterocycles. The van der Waals surface area contributed by atoms with Gasteiger partial charge in [-0.3, -0.25) is 0 Å². The summed E-state index contributed by atoms with van der Waals surface area (Å²) in [5.74, 6) is 1.50. The van der Waals surface area contributed by atoms with Crippen molar-refractivity contribution in [3.8, 4) is 33.4 Å². The molecule has 0 saturated carbocycles. The van der Waals surface area contributed by atoms with Crippen LogP contribution in [0.3, 0.4) is 0 Å². The number of aryl methyl sites for hydroxylation is 1. The predicted molar refractivity (Wildman–Crippen MR) is 226 cm³/mol. The lowest BCUT2D eigenvalue weighted by Gasteiger charge is -2.25. The number of allylic oxidation sites excluding steroid dienone is 1. The molecule has 1 atom stereocenters. The van der Waals surface area contributed by atoms with Crippen LogP contribution < -0.4 is 5.32 Å². The van der Waals surface area contributed by atoms with E-state index in [-0.39, 0.29) is 6.17 Å². The van der Waals surface area contributed by atoms with Crippen molar-refractivity contribution < 1.29 is 4.42 Å². The first-order valence-electron chi connectivity index (χ1n) is 18.6. The van der Waals surface area contributed by atoms with E-state index < -0.39 is 0 Å². The highest BCUT2D eigenvalue weighted by atomic mass is 32.1. The van der Waals surface area contributed by atoms with Crippen LogP contribution in [0.15, 0.2) is 160 Å². The Morgan fingerprint density at radius 2 is 1.43 bits per heavy atom. The molecule has 0 saturated heterocycles. The molecule has 4 nitrogen and oxygen atoms in total. The van der Waals surface area contributed by atoms with Crippen molar-refractivity contribution in [1.29, 1.82) is 0 Å². The maximum atomic E-state index is 6.57. The summed E-state index contributed by atoms with van der Waals surface area (Å²) in [5, 5.41) is 9.71. The van der Waals surface area contributed by atoms with E-state index >= 15 is 0 Å². The maximum Gasteiger partial charge on any atom is 0.160 e. The van der Waals surface area contributed by atoms with Crippen LogP contribution >= 0.6 is 11.3 Å². The molecule has 0 bridgehead atoms. The summed E-state index contributed by atoms with van der Waals surface area (Å²) in [6.45, 7) is 0. The van der Waals surface area contributed by atoms with Gasteiger partial charge in [0.05, 0.1) is 0 Å². The minimum Gasteiger partial charge on any atom is -0.456 e. The molecule has 254 valence electrons. The van der Waals surface area contributed by atoms with Gasteiger partial charge in [-0.2, -0.15) is 0 Å². The van der Waals surface area contributed by atoms with Crippen LogP contribution in [0.1, 0.15) is 39.7 Å². The second-order valence-electron chi connectivity index (χ2n) is 14.4. The van der Waals surface area contributed by atoms with Crippen LogP contribution in [0.4, 0.5) is 0 Å². The zero-order valence-corrected chi connectivity index (χ0v) is 30.0. The quantitative estimate of drug-likeness (QED) is 0.198. The van der Waals surface area contributed by atoms with Crippen LogP contribution in [0.2, 0.25) is 0 Å². The highest BCUT2D eigenvalue weighted by Crippen LogP contribution is 2.51. The minimum atomic E-state index is -0.328.